The highest BCUT2D eigenvalue weighted by Crippen LogP contribution is 2.14. The first-order valence-electron chi connectivity index (χ1n) is 4.73. The van der Waals surface area contributed by atoms with Crippen LogP contribution in [0.15, 0.2) is 29.2 Å². The number of nitrogens with one attached hydrogen (secondary N) is 1. The zero-order valence-electron chi connectivity index (χ0n) is 8.86. The fourth-order valence-electron chi connectivity index (χ4n) is 1.10. The molecule has 0 aliphatic rings. The number of thioether (sulfide) groups is 1. The van der Waals surface area contributed by atoms with Crippen molar-refractivity contribution in [1.82, 2.24) is 5.32 Å². The number of amides is 1. The van der Waals surface area contributed by atoms with E-state index >= 15 is 0 Å². The van der Waals surface area contributed by atoms with E-state index in [2.05, 4.69) is 5.32 Å². The molecular weight excluding hydrogens is 210 g/mol. The van der Waals surface area contributed by atoms with Crippen LogP contribution in [0.3, 0.4) is 0 Å². The fraction of sp³-hybridized carbons (Fsp3) is 0.364. The lowest BCUT2D eigenvalue weighted by molar-refractivity contribution is 0.0922. The summed E-state index contributed by atoms with van der Waals surface area (Å²) in [5.41, 5.74) is 0.619. The van der Waals surface area contributed by atoms with Crippen LogP contribution in [0.4, 0.5) is 0 Å². The van der Waals surface area contributed by atoms with E-state index in [0.717, 1.165) is 4.90 Å². The van der Waals surface area contributed by atoms with Crippen LogP contribution in [-0.2, 0) is 0 Å². The van der Waals surface area contributed by atoms with Crippen LogP contribution in [0.2, 0.25) is 0 Å². The van der Waals surface area contributed by atoms with Crippen molar-refractivity contribution in [3.63, 3.8) is 0 Å². The molecule has 82 valence electrons. The summed E-state index contributed by atoms with van der Waals surface area (Å²) < 4.78 is 0. The minimum Gasteiger partial charge on any atom is -0.394 e. The standard InChI is InChI=1S/C11H15NO2S/c1-8(7-13)12-11(14)9-3-5-10(15-2)6-4-9/h3-6,8,13H,7H2,1-2H3,(H,12,14)/t8-/m0/s1. The van der Waals surface area contributed by atoms with Gasteiger partial charge in [0, 0.05) is 16.5 Å². The third-order valence-corrected chi connectivity index (χ3v) is 2.75. The molecule has 0 saturated carbocycles. The molecule has 0 heterocycles. The Balaban J connectivity index is 2.66. The predicted octanol–water partition coefficient (Wildman–Crippen LogP) is 1.52. The number of carbonyl (C=O) groups excluding carboxylic acids is 1. The molecule has 1 atom stereocenters. The quantitative estimate of drug-likeness (QED) is 0.764. The maximum absolute atomic E-state index is 11.6. The molecule has 0 radical (unpaired) electrons. The second-order valence-corrected chi connectivity index (χ2v) is 4.17. The molecule has 0 aliphatic carbocycles. The molecule has 1 aromatic carbocycles. The van der Waals surface area contributed by atoms with Crippen LogP contribution in [0.1, 0.15) is 17.3 Å². The summed E-state index contributed by atoms with van der Waals surface area (Å²) >= 11 is 1.64. The summed E-state index contributed by atoms with van der Waals surface area (Å²) in [6, 6.07) is 7.17. The van der Waals surface area contributed by atoms with Crippen molar-refractivity contribution >= 4 is 17.7 Å². The van der Waals surface area contributed by atoms with Gasteiger partial charge in [0.25, 0.3) is 5.91 Å². The van der Waals surface area contributed by atoms with Gasteiger partial charge >= 0.3 is 0 Å². The van der Waals surface area contributed by atoms with E-state index in [9.17, 15) is 4.79 Å². The molecule has 0 aliphatic heterocycles. The van der Waals surface area contributed by atoms with Gasteiger partial charge in [0.2, 0.25) is 0 Å². The zero-order valence-corrected chi connectivity index (χ0v) is 9.67. The molecule has 0 spiro atoms. The molecule has 1 rings (SSSR count). The molecular formula is C11H15NO2S. The first-order chi connectivity index (χ1) is 7.17. The molecule has 0 fully saturated rings. The normalized spacial score (nSPS) is 12.2. The van der Waals surface area contributed by atoms with Gasteiger partial charge in [-0.3, -0.25) is 4.79 Å². The number of aliphatic hydroxyl groups excluding tert-OH is 1. The van der Waals surface area contributed by atoms with E-state index < -0.39 is 0 Å². The lowest BCUT2D eigenvalue weighted by atomic mass is 10.2. The van der Waals surface area contributed by atoms with Crippen LogP contribution in [-0.4, -0.2) is 29.9 Å². The maximum atomic E-state index is 11.6. The van der Waals surface area contributed by atoms with Gasteiger partial charge in [-0.25, -0.2) is 0 Å². The largest absolute Gasteiger partial charge is 0.394 e. The molecule has 3 nitrogen and oxygen atoms in total. The van der Waals surface area contributed by atoms with Crippen LogP contribution in [0, 0.1) is 0 Å². The second kappa shape index (κ2) is 5.78. The van der Waals surface area contributed by atoms with Gasteiger partial charge in [0.05, 0.1) is 6.61 Å². The Hall–Kier alpha value is -1.00. The van der Waals surface area contributed by atoms with Gasteiger partial charge in [-0.15, -0.1) is 11.8 Å². The lowest BCUT2D eigenvalue weighted by Crippen LogP contribution is -2.34. The molecule has 0 aromatic heterocycles. The van der Waals surface area contributed by atoms with Gasteiger partial charge < -0.3 is 10.4 Å². The summed E-state index contributed by atoms with van der Waals surface area (Å²) in [5.74, 6) is -0.149. The van der Waals surface area contributed by atoms with Gasteiger partial charge in [0.1, 0.15) is 0 Å². The van der Waals surface area contributed by atoms with E-state index in [1.165, 1.54) is 0 Å². The number of benzene rings is 1. The number of hydrogen-bond donors (Lipinski definition) is 2. The summed E-state index contributed by atoms with van der Waals surface area (Å²) in [6.45, 7) is 1.71. The van der Waals surface area contributed by atoms with Crippen LogP contribution in [0.5, 0.6) is 0 Å². The highest BCUT2D eigenvalue weighted by Gasteiger charge is 2.08. The Bertz CT molecular complexity index is 324. The maximum Gasteiger partial charge on any atom is 0.251 e. The summed E-state index contributed by atoms with van der Waals surface area (Å²) in [4.78, 5) is 12.7. The lowest BCUT2D eigenvalue weighted by Gasteiger charge is -2.10. The third-order valence-electron chi connectivity index (χ3n) is 2.00. The molecule has 0 saturated heterocycles. The number of rotatable bonds is 4. The number of aliphatic hydroxyl groups is 1. The molecule has 1 aromatic rings. The summed E-state index contributed by atoms with van der Waals surface area (Å²) in [5, 5.41) is 11.5. The molecule has 4 heteroatoms. The SMILES string of the molecule is CSc1ccc(C(=O)N[C@@H](C)CO)cc1. The van der Waals surface area contributed by atoms with Gasteiger partial charge in [0.15, 0.2) is 0 Å². The van der Waals surface area contributed by atoms with Crippen molar-refractivity contribution in [3.8, 4) is 0 Å². The van der Waals surface area contributed by atoms with Gasteiger partial charge in [-0.05, 0) is 37.4 Å². The fourth-order valence-corrected chi connectivity index (χ4v) is 1.50. The first-order valence-corrected chi connectivity index (χ1v) is 5.95. The predicted molar refractivity (Wildman–Crippen MR) is 62.2 cm³/mol. The van der Waals surface area contributed by atoms with E-state index in [4.69, 9.17) is 5.11 Å². The van der Waals surface area contributed by atoms with E-state index in [0.29, 0.717) is 5.56 Å². The molecule has 1 amide bonds. The monoisotopic (exact) mass is 225 g/mol. The third kappa shape index (κ3) is 3.57. The minimum atomic E-state index is -0.210. The Morgan fingerprint density at radius 2 is 2.07 bits per heavy atom. The van der Waals surface area contributed by atoms with Gasteiger partial charge in [-0.2, -0.15) is 0 Å². The highest BCUT2D eigenvalue weighted by molar-refractivity contribution is 7.98. The topological polar surface area (TPSA) is 49.3 Å². The Morgan fingerprint density at radius 1 is 1.47 bits per heavy atom. The summed E-state index contributed by atoms with van der Waals surface area (Å²) in [6.07, 6.45) is 1.99. The number of hydrogen-bond acceptors (Lipinski definition) is 3. The Morgan fingerprint density at radius 3 is 2.53 bits per heavy atom. The van der Waals surface area contributed by atoms with Gasteiger partial charge in [-0.1, -0.05) is 0 Å². The van der Waals surface area contributed by atoms with Crippen molar-refractivity contribution in [2.45, 2.75) is 17.9 Å². The molecule has 0 bridgehead atoms. The van der Waals surface area contributed by atoms with Crippen molar-refractivity contribution < 1.29 is 9.90 Å². The van der Waals surface area contributed by atoms with E-state index in [-0.39, 0.29) is 18.6 Å². The van der Waals surface area contributed by atoms with Crippen LogP contribution < -0.4 is 5.32 Å². The molecule has 0 unspecified atom stereocenters. The zero-order chi connectivity index (χ0) is 11.3. The molecule has 2 N–H and O–H groups in total. The molecule has 15 heavy (non-hydrogen) atoms. The number of carbonyl (C=O) groups is 1. The Kier molecular flexibility index (Phi) is 4.65. The van der Waals surface area contributed by atoms with E-state index in [1.807, 2.05) is 18.4 Å². The van der Waals surface area contributed by atoms with Crippen molar-refractivity contribution in [2.24, 2.45) is 0 Å². The highest BCUT2D eigenvalue weighted by atomic mass is 32.2. The smallest absolute Gasteiger partial charge is 0.251 e. The van der Waals surface area contributed by atoms with Crippen molar-refractivity contribution in [3.05, 3.63) is 29.8 Å². The first kappa shape index (κ1) is 12.1. The van der Waals surface area contributed by atoms with Crippen molar-refractivity contribution in [1.29, 1.82) is 0 Å². The van der Waals surface area contributed by atoms with Crippen LogP contribution in [0.25, 0.3) is 0 Å². The Labute approximate surface area is 93.9 Å². The van der Waals surface area contributed by atoms with Crippen molar-refractivity contribution in [2.75, 3.05) is 12.9 Å². The van der Waals surface area contributed by atoms with E-state index in [1.54, 1.807) is 30.8 Å². The average molecular weight is 225 g/mol. The summed E-state index contributed by atoms with van der Waals surface area (Å²) in [7, 11) is 0. The average Bonchev–Trinajstić information content (AvgIpc) is 2.29. The minimum absolute atomic E-state index is 0.0470. The second-order valence-electron chi connectivity index (χ2n) is 3.29. The van der Waals surface area contributed by atoms with Crippen LogP contribution >= 0.6 is 11.8 Å².